The fraction of sp³-hybridized carbons (Fsp3) is 0.812. The summed E-state index contributed by atoms with van der Waals surface area (Å²) in [5, 5.41) is 4.81. The Labute approximate surface area is 127 Å². The van der Waals surface area contributed by atoms with E-state index in [2.05, 4.69) is 21.8 Å². The van der Waals surface area contributed by atoms with E-state index in [0.29, 0.717) is 6.04 Å². The normalized spacial score (nSPS) is 25.4. The summed E-state index contributed by atoms with van der Waals surface area (Å²) in [5.74, 6) is 1.59. The summed E-state index contributed by atoms with van der Waals surface area (Å²) in [5.41, 5.74) is 1.24. The zero-order valence-electron chi connectivity index (χ0n) is 12.3. The van der Waals surface area contributed by atoms with E-state index in [-0.39, 0.29) is 0 Å². The maximum absolute atomic E-state index is 5.88. The van der Waals surface area contributed by atoms with Gasteiger partial charge in [-0.2, -0.15) is 5.10 Å². The van der Waals surface area contributed by atoms with Crippen LogP contribution in [0, 0.1) is 5.92 Å². The Morgan fingerprint density at radius 2 is 2.05 bits per heavy atom. The summed E-state index contributed by atoms with van der Waals surface area (Å²) in [6.45, 7) is 3.43. The monoisotopic (exact) mass is 295 g/mol. The van der Waals surface area contributed by atoms with Crippen molar-refractivity contribution < 1.29 is 0 Å². The number of halogens is 1. The number of piperidine rings is 1. The third-order valence-electron chi connectivity index (χ3n) is 4.87. The van der Waals surface area contributed by atoms with Gasteiger partial charge in [0.2, 0.25) is 0 Å². The number of likely N-dealkylation sites (tertiary alicyclic amines) is 1. The van der Waals surface area contributed by atoms with E-state index in [1.807, 2.05) is 0 Å². The molecule has 1 saturated carbocycles. The van der Waals surface area contributed by atoms with Crippen LogP contribution in [0.5, 0.6) is 0 Å². The highest BCUT2D eigenvalue weighted by atomic mass is 35.5. The van der Waals surface area contributed by atoms with Gasteiger partial charge < -0.3 is 0 Å². The van der Waals surface area contributed by atoms with Crippen LogP contribution >= 0.6 is 11.6 Å². The molecule has 1 unspecified atom stereocenters. The molecule has 0 aromatic carbocycles. The third kappa shape index (κ3) is 3.56. The average Bonchev–Trinajstić information content (AvgIpc) is 3.10. The second-order valence-electron chi connectivity index (χ2n) is 6.45. The first-order valence-corrected chi connectivity index (χ1v) is 8.71. The van der Waals surface area contributed by atoms with Gasteiger partial charge in [0.1, 0.15) is 0 Å². The van der Waals surface area contributed by atoms with Crippen LogP contribution in [0.15, 0.2) is 12.3 Å². The molecule has 0 bridgehead atoms. The quantitative estimate of drug-likeness (QED) is 0.770. The van der Waals surface area contributed by atoms with Crippen molar-refractivity contribution in [3.8, 4) is 0 Å². The van der Waals surface area contributed by atoms with E-state index in [1.54, 1.807) is 0 Å². The maximum Gasteiger partial charge on any atom is 0.0764 e. The second-order valence-corrected chi connectivity index (χ2v) is 6.82. The minimum atomic E-state index is 0.661. The van der Waals surface area contributed by atoms with Crippen LogP contribution in [0.4, 0.5) is 0 Å². The third-order valence-corrected chi connectivity index (χ3v) is 5.09. The fourth-order valence-corrected chi connectivity index (χ4v) is 4.06. The Hall–Kier alpha value is -0.540. The van der Waals surface area contributed by atoms with Gasteiger partial charge in [-0.25, -0.2) is 0 Å². The number of aromatic nitrogens is 2. The molecule has 1 saturated heterocycles. The topological polar surface area (TPSA) is 21.1 Å². The van der Waals surface area contributed by atoms with Gasteiger partial charge in [0.25, 0.3) is 0 Å². The van der Waals surface area contributed by atoms with E-state index in [0.717, 1.165) is 24.8 Å². The lowest BCUT2D eigenvalue weighted by molar-refractivity contribution is 0.163. The standard InChI is InChI=1S/C16H26ClN3/c17-9-7-14-4-3-10-19(12-14)13-15-8-11-20(18-15)16-5-1-2-6-16/h8,11,14,16H,1-7,9-10,12-13H2. The smallest absolute Gasteiger partial charge is 0.0764 e. The SMILES string of the molecule is ClCCC1CCCN(Cc2ccn(C3CCCC3)n2)C1. The zero-order chi connectivity index (χ0) is 13.8. The van der Waals surface area contributed by atoms with Gasteiger partial charge >= 0.3 is 0 Å². The summed E-state index contributed by atoms with van der Waals surface area (Å²) in [6.07, 6.45) is 11.4. The highest BCUT2D eigenvalue weighted by Gasteiger charge is 2.21. The van der Waals surface area contributed by atoms with Crippen molar-refractivity contribution in [3.63, 3.8) is 0 Å². The minimum Gasteiger partial charge on any atom is -0.297 e. The molecule has 0 radical (unpaired) electrons. The predicted octanol–water partition coefficient (Wildman–Crippen LogP) is 3.84. The first kappa shape index (κ1) is 14.4. The largest absolute Gasteiger partial charge is 0.297 e. The highest BCUT2D eigenvalue weighted by Crippen LogP contribution is 2.29. The Morgan fingerprint density at radius 3 is 2.85 bits per heavy atom. The van der Waals surface area contributed by atoms with Gasteiger partial charge in [-0.3, -0.25) is 9.58 Å². The van der Waals surface area contributed by atoms with Crippen LogP contribution < -0.4 is 0 Å². The molecule has 1 aromatic rings. The van der Waals surface area contributed by atoms with Crippen molar-refractivity contribution in [2.24, 2.45) is 5.92 Å². The molecule has 2 fully saturated rings. The van der Waals surface area contributed by atoms with Crippen LogP contribution in [0.3, 0.4) is 0 Å². The minimum absolute atomic E-state index is 0.661. The van der Waals surface area contributed by atoms with Crippen molar-refractivity contribution in [1.82, 2.24) is 14.7 Å². The average molecular weight is 296 g/mol. The number of hydrogen-bond acceptors (Lipinski definition) is 2. The van der Waals surface area contributed by atoms with E-state index in [9.17, 15) is 0 Å². The number of nitrogens with zero attached hydrogens (tertiary/aromatic N) is 3. The molecule has 0 spiro atoms. The van der Waals surface area contributed by atoms with Crippen molar-refractivity contribution >= 4 is 11.6 Å². The lowest BCUT2D eigenvalue weighted by Crippen LogP contribution is -2.35. The molecule has 0 amide bonds. The molecule has 3 rings (SSSR count). The van der Waals surface area contributed by atoms with Crippen LogP contribution in [-0.2, 0) is 6.54 Å². The summed E-state index contributed by atoms with van der Waals surface area (Å²) in [7, 11) is 0. The molecule has 2 aliphatic rings. The van der Waals surface area contributed by atoms with Gasteiger partial charge in [0.15, 0.2) is 0 Å². The Bertz CT molecular complexity index is 410. The Balaban J connectivity index is 1.54. The molecule has 1 aliphatic heterocycles. The molecule has 1 atom stereocenters. The summed E-state index contributed by atoms with van der Waals surface area (Å²) in [4.78, 5) is 2.56. The number of hydrogen-bond donors (Lipinski definition) is 0. The molecule has 4 heteroatoms. The molecule has 20 heavy (non-hydrogen) atoms. The number of alkyl halides is 1. The van der Waals surface area contributed by atoms with Crippen molar-refractivity contribution in [3.05, 3.63) is 18.0 Å². The Morgan fingerprint density at radius 1 is 1.20 bits per heavy atom. The van der Waals surface area contributed by atoms with Crippen LogP contribution in [0.25, 0.3) is 0 Å². The van der Waals surface area contributed by atoms with Crippen molar-refractivity contribution in [2.45, 2.75) is 57.5 Å². The highest BCUT2D eigenvalue weighted by molar-refractivity contribution is 6.17. The molecular weight excluding hydrogens is 270 g/mol. The zero-order valence-corrected chi connectivity index (χ0v) is 13.1. The molecule has 2 heterocycles. The summed E-state index contributed by atoms with van der Waals surface area (Å²) < 4.78 is 2.21. The van der Waals surface area contributed by atoms with Crippen LogP contribution in [0.1, 0.15) is 56.7 Å². The van der Waals surface area contributed by atoms with Gasteiger partial charge in [-0.05, 0) is 50.6 Å². The van der Waals surface area contributed by atoms with Crippen molar-refractivity contribution in [1.29, 1.82) is 0 Å². The summed E-state index contributed by atoms with van der Waals surface area (Å²) in [6, 6.07) is 2.87. The molecule has 0 N–H and O–H groups in total. The van der Waals surface area contributed by atoms with Gasteiger partial charge in [-0.15, -0.1) is 11.6 Å². The van der Waals surface area contributed by atoms with Crippen LogP contribution in [-0.4, -0.2) is 33.6 Å². The molecule has 1 aliphatic carbocycles. The second kappa shape index (κ2) is 6.95. The maximum atomic E-state index is 5.88. The molecule has 3 nitrogen and oxygen atoms in total. The van der Waals surface area contributed by atoms with E-state index in [1.165, 1.54) is 57.3 Å². The molecule has 112 valence electrons. The van der Waals surface area contributed by atoms with Gasteiger partial charge in [0.05, 0.1) is 11.7 Å². The lowest BCUT2D eigenvalue weighted by Gasteiger charge is -2.31. The van der Waals surface area contributed by atoms with E-state index < -0.39 is 0 Å². The van der Waals surface area contributed by atoms with E-state index >= 15 is 0 Å². The molecular formula is C16H26ClN3. The lowest BCUT2D eigenvalue weighted by atomic mass is 9.95. The fourth-order valence-electron chi connectivity index (χ4n) is 3.75. The van der Waals surface area contributed by atoms with Crippen LogP contribution in [0.2, 0.25) is 0 Å². The van der Waals surface area contributed by atoms with Crippen molar-refractivity contribution in [2.75, 3.05) is 19.0 Å². The van der Waals surface area contributed by atoms with Gasteiger partial charge in [0, 0.05) is 25.2 Å². The van der Waals surface area contributed by atoms with E-state index in [4.69, 9.17) is 16.7 Å². The predicted molar refractivity (Wildman–Crippen MR) is 83.1 cm³/mol. The first-order valence-electron chi connectivity index (χ1n) is 8.17. The van der Waals surface area contributed by atoms with Gasteiger partial charge in [-0.1, -0.05) is 12.8 Å². The Kier molecular flexibility index (Phi) is 5.00. The first-order chi connectivity index (χ1) is 9.85. The number of rotatable bonds is 5. The summed E-state index contributed by atoms with van der Waals surface area (Å²) >= 11 is 5.88. The molecule has 1 aromatic heterocycles.